The molecule has 25 heavy (non-hydrogen) atoms. The van der Waals surface area contributed by atoms with Gasteiger partial charge >= 0.3 is 0 Å². The van der Waals surface area contributed by atoms with Gasteiger partial charge in [0, 0.05) is 6.16 Å². The van der Waals surface area contributed by atoms with E-state index in [0.29, 0.717) is 0 Å². The minimum atomic E-state index is -1.15. The van der Waals surface area contributed by atoms with Crippen molar-refractivity contribution in [3.8, 4) is 0 Å². The first-order valence-electron chi connectivity index (χ1n) is 11.4. The van der Waals surface area contributed by atoms with Crippen LogP contribution in [0.3, 0.4) is 0 Å². The lowest BCUT2D eigenvalue weighted by atomic mass is 10.1. The van der Waals surface area contributed by atoms with E-state index in [-0.39, 0.29) is 0 Å². The third kappa shape index (κ3) is 22.3. The average molecular weight is 375 g/mol. The lowest BCUT2D eigenvalue weighted by Gasteiger charge is -2.10. The second kappa shape index (κ2) is 22.4. The molecule has 0 amide bonds. The van der Waals surface area contributed by atoms with Gasteiger partial charge in [-0.2, -0.15) is 0 Å². The molecule has 0 spiro atoms. The Morgan fingerprint density at radius 2 is 0.880 bits per heavy atom. The SMILES string of the molecule is CCCCCCCCCCCCP(O)OCCCCCCCCCC. The molecule has 0 aliphatic heterocycles. The highest BCUT2D eigenvalue weighted by molar-refractivity contribution is 7.46. The Kier molecular flexibility index (Phi) is 22.7. The minimum Gasteiger partial charge on any atom is -0.350 e. The molecule has 1 atom stereocenters. The molecule has 152 valence electrons. The normalized spacial score (nSPS) is 12.6. The predicted molar refractivity (Wildman–Crippen MR) is 114 cm³/mol. The summed E-state index contributed by atoms with van der Waals surface area (Å²) in [5.41, 5.74) is 0. The van der Waals surface area contributed by atoms with Crippen LogP contribution in [0.25, 0.3) is 0 Å². The van der Waals surface area contributed by atoms with Crippen molar-refractivity contribution >= 4 is 8.38 Å². The summed E-state index contributed by atoms with van der Waals surface area (Å²) in [5.74, 6) is 0. The molecule has 0 radical (unpaired) electrons. The van der Waals surface area contributed by atoms with E-state index < -0.39 is 8.38 Å². The van der Waals surface area contributed by atoms with Crippen molar-refractivity contribution in [1.82, 2.24) is 0 Å². The fourth-order valence-electron chi connectivity index (χ4n) is 3.20. The first-order valence-corrected chi connectivity index (χ1v) is 12.8. The van der Waals surface area contributed by atoms with Crippen molar-refractivity contribution in [2.24, 2.45) is 0 Å². The van der Waals surface area contributed by atoms with Crippen LogP contribution in [-0.2, 0) is 4.52 Å². The van der Waals surface area contributed by atoms with Crippen LogP contribution < -0.4 is 0 Å². The van der Waals surface area contributed by atoms with Gasteiger partial charge in [-0.1, -0.05) is 117 Å². The van der Waals surface area contributed by atoms with Gasteiger partial charge in [-0.3, -0.25) is 0 Å². The quantitative estimate of drug-likeness (QED) is 0.161. The van der Waals surface area contributed by atoms with Crippen molar-refractivity contribution in [2.75, 3.05) is 12.8 Å². The highest BCUT2D eigenvalue weighted by atomic mass is 31.2. The van der Waals surface area contributed by atoms with Crippen molar-refractivity contribution in [3.05, 3.63) is 0 Å². The fourth-order valence-corrected chi connectivity index (χ4v) is 4.17. The zero-order valence-corrected chi connectivity index (χ0v) is 18.3. The minimum absolute atomic E-state index is 0.759. The third-order valence-corrected chi connectivity index (χ3v) is 6.12. The van der Waals surface area contributed by atoms with E-state index in [2.05, 4.69) is 13.8 Å². The van der Waals surface area contributed by atoms with Crippen LogP contribution in [0.2, 0.25) is 0 Å². The maximum absolute atomic E-state index is 9.91. The maximum Gasteiger partial charge on any atom is 0.167 e. The summed E-state index contributed by atoms with van der Waals surface area (Å²) in [6.07, 6.45) is 24.9. The monoisotopic (exact) mass is 374 g/mol. The zero-order chi connectivity index (χ0) is 18.4. The summed E-state index contributed by atoms with van der Waals surface area (Å²) < 4.78 is 5.59. The Morgan fingerprint density at radius 3 is 1.32 bits per heavy atom. The van der Waals surface area contributed by atoms with Crippen LogP contribution in [0, 0.1) is 0 Å². The van der Waals surface area contributed by atoms with Gasteiger partial charge in [-0.15, -0.1) is 0 Å². The van der Waals surface area contributed by atoms with Crippen LogP contribution in [0.15, 0.2) is 0 Å². The molecule has 0 aliphatic rings. The van der Waals surface area contributed by atoms with Gasteiger partial charge in [0.05, 0.1) is 6.61 Å². The van der Waals surface area contributed by atoms with E-state index in [4.69, 9.17) is 4.52 Å². The average Bonchev–Trinajstić information content (AvgIpc) is 2.62. The molecule has 3 heteroatoms. The molecule has 0 aliphatic carbocycles. The zero-order valence-electron chi connectivity index (χ0n) is 17.4. The summed E-state index contributed by atoms with van der Waals surface area (Å²) in [5, 5.41) is 0. The summed E-state index contributed by atoms with van der Waals surface area (Å²) in [4.78, 5) is 9.91. The molecule has 0 fully saturated rings. The molecule has 0 bridgehead atoms. The van der Waals surface area contributed by atoms with Crippen molar-refractivity contribution in [2.45, 2.75) is 129 Å². The molecule has 0 saturated carbocycles. The van der Waals surface area contributed by atoms with Gasteiger partial charge in [0.2, 0.25) is 0 Å². The van der Waals surface area contributed by atoms with Gasteiger partial charge in [-0.25, -0.2) is 0 Å². The Labute approximate surface area is 160 Å². The smallest absolute Gasteiger partial charge is 0.167 e. The second-order valence-electron chi connectivity index (χ2n) is 7.57. The number of hydrogen-bond acceptors (Lipinski definition) is 2. The summed E-state index contributed by atoms with van der Waals surface area (Å²) in [6.45, 7) is 5.30. The van der Waals surface area contributed by atoms with Gasteiger partial charge in [-0.05, 0) is 12.8 Å². The highest BCUT2D eigenvalue weighted by Gasteiger charge is 2.04. The van der Waals surface area contributed by atoms with Crippen LogP contribution in [0.4, 0.5) is 0 Å². The van der Waals surface area contributed by atoms with Crippen LogP contribution in [-0.4, -0.2) is 17.7 Å². The third-order valence-electron chi connectivity index (χ3n) is 4.94. The molecule has 1 N–H and O–H groups in total. The van der Waals surface area contributed by atoms with Gasteiger partial charge in [0.15, 0.2) is 8.38 Å². The molecule has 2 nitrogen and oxygen atoms in total. The molecular weight excluding hydrogens is 327 g/mol. The van der Waals surface area contributed by atoms with E-state index in [1.807, 2.05) is 0 Å². The van der Waals surface area contributed by atoms with Gasteiger partial charge in [0.25, 0.3) is 0 Å². The molecule has 0 aromatic carbocycles. The van der Waals surface area contributed by atoms with E-state index in [1.54, 1.807) is 0 Å². The Hall–Kier alpha value is 0.350. The summed E-state index contributed by atoms with van der Waals surface area (Å²) in [7, 11) is -1.15. The van der Waals surface area contributed by atoms with E-state index in [0.717, 1.165) is 25.6 Å². The van der Waals surface area contributed by atoms with Gasteiger partial charge in [0.1, 0.15) is 0 Å². The summed E-state index contributed by atoms with van der Waals surface area (Å²) in [6, 6.07) is 0. The van der Waals surface area contributed by atoms with Crippen LogP contribution in [0.5, 0.6) is 0 Å². The van der Waals surface area contributed by atoms with Crippen LogP contribution >= 0.6 is 8.38 Å². The lowest BCUT2D eigenvalue weighted by molar-refractivity contribution is 0.297. The molecule has 0 aromatic rings. The highest BCUT2D eigenvalue weighted by Crippen LogP contribution is 2.33. The Morgan fingerprint density at radius 1 is 0.520 bits per heavy atom. The van der Waals surface area contributed by atoms with Crippen molar-refractivity contribution in [3.63, 3.8) is 0 Å². The van der Waals surface area contributed by atoms with E-state index >= 15 is 0 Å². The molecule has 0 aromatic heterocycles. The first kappa shape index (κ1) is 25.4. The van der Waals surface area contributed by atoms with E-state index in [9.17, 15) is 4.89 Å². The molecule has 0 heterocycles. The number of hydrogen-bond donors (Lipinski definition) is 1. The van der Waals surface area contributed by atoms with Crippen molar-refractivity contribution < 1.29 is 9.42 Å². The second-order valence-corrected chi connectivity index (χ2v) is 8.98. The predicted octanol–water partition coefficient (Wildman–Crippen LogP) is 8.37. The Bertz CT molecular complexity index is 236. The topological polar surface area (TPSA) is 29.5 Å². The number of unbranched alkanes of at least 4 members (excludes halogenated alkanes) is 16. The van der Waals surface area contributed by atoms with Gasteiger partial charge < -0.3 is 9.42 Å². The van der Waals surface area contributed by atoms with E-state index in [1.165, 1.54) is 103 Å². The summed E-state index contributed by atoms with van der Waals surface area (Å²) >= 11 is 0. The number of rotatable bonds is 21. The first-order chi connectivity index (χ1) is 12.3. The maximum atomic E-state index is 9.91. The Balaban J connectivity index is 3.12. The largest absolute Gasteiger partial charge is 0.350 e. The lowest BCUT2D eigenvalue weighted by Crippen LogP contribution is -1.94. The van der Waals surface area contributed by atoms with Crippen LogP contribution in [0.1, 0.15) is 129 Å². The standard InChI is InChI=1S/C22H47O2P/c1-3-5-7-9-11-13-14-16-18-20-22-25(23)24-21-19-17-15-12-10-8-6-4-2/h23H,3-22H2,1-2H3. The fraction of sp³-hybridized carbons (Fsp3) is 1.00. The molecular formula is C22H47O2P. The molecule has 0 saturated heterocycles. The van der Waals surface area contributed by atoms with Crippen molar-refractivity contribution in [1.29, 1.82) is 0 Å². The molecule has 0 rings (SSSR count). The molecule has 1 unspecified atom stereocenters.